The molecule has 1 rings (SSSR count). The first kappa shape index (κ1) is 15.5. The van der Waals surface area contributed by atoms with E-state index in [2.05, 4.69) is 6.92 Å². The number of carbonyl (C=O) groups is 2. The number of benzene rings is 1. The summed E-state index contributed by atoms with van der Waals surface area (Å²) in [5, 5.41) is 0.526. The highest BCUT2D eigenvalue weighted by Gasteiger charge is 2.17. The third kappa shape index (κ3) is 6.25. The molecular formula is C14H17ClO4. The summed E-state index contributed by atoms with van der Waals surface area (Å²) >= 11 is 5.69. The molecule has 0 unspecified atom stereocenters. The molecule has 19 heavy (non-hydrogen) atoms. The van der Waals surface area contributed by atoms with Crippen molar-refractivity contribution in [2.24, 2.45) is 0 Å². The zero-order valence-electron chi connectivity index (χ0n) is 10.9. The van der Waals surface area contributed by atoms with Crippen molar-refractivity contribution in [3.63, 3.8) is 0 Å². The number of hydrogen-bond donors (Lipinski definition) is 0. The molecule has 0 atom stereocenters. The molecule has 104 valence electrons. The van der Waals surface area contributed by atoms with Crippen molar-refractivity contribution in [1.29, 1.82) is 0 Å². The van der Waals surface area contributed by atoms with Gasteiger partial charge in [-0.1, -0.05) is 37.8 Å². The van der Waals surface area contributed by atoms with Gasteiger partial charge >= 0.3 is 11.9 Å². The molecule has 0 fully saturated rings. The summed E-state index contributed by atoms with van der Waals surface area (Å²) in [6.45, 7) is 2.34. The van der Waals surface area contributed by atoms with Gasteiger partial charge in [-0.2, -0.15) is 0 Å². The SMILES string of the molecule is CCCCCCOC(=O)C(=O)Oc1ccc(Cl)cc1. The quantitative estimate of drug-likeness (QED) is 0.348. The Kier molecular flexibility index (Phi) is 6.97. The van der Waals surface area contributed by atoms with Gasteiger partial charge < -0.3 is 9.47 Å². The fourth-order valence-corrected chi connectivity index (χ4v) is 1.53. The van der Waals surface area contributed by atoms with Crippen LogP contribution in [0.4, 0.5) is 0 Å². The number of ether oxygens (including phenoxy) is 2. The average molecular weight is 285 g/mol. The van der Waals surface area contributed by atoms with E-state index in [9.17, 15) is 9.59 Å². The lowest BCUT2D eigenvalue weighted by Gasteiger charge is -2.05. The molecule has 0 bridgehead atoms. The predicted octanol–water partition coefficient (Wildman–Crippen LogP) is 3.37. The van der Waals surface area contributed by atoms with Gasteiger partial charge in [-0.3, -0.25) is 0 Å². The van der Waals surface area contributed by atoms with Gasteiger partial charge in [-0.25, -0.2) is 9.59 Å². The summed E-state index contributed by atoms with van der Waals surface area (Å²) in [6, 6.07) is 6.16. The van der Waals surface area contributed by atoms with Crippen LogP contribution < -0.4 is 4.74 Å². The molecule has 0 saturated carbocycles. The molecule has 0 radical (unpaired) electrons. The zero-order chi connectivity index (χ0) is 14.1. The first-order valence-electron chi connectivity index (χ1n) is 6.28. The van der Waals surface area contributed by atoms with Gasteiger partial charge in [-0.05, 0) is 30.7 Å². The third-order valence-corrected chi connectivity index (χ3v) is 2.67. The van der Waals surface area contributed by atoms with Crippen LogP contribution in [-0.2, 0) is 14.3 Å². The number of halogens is 1. The number of hydrogen-bond acceptors (Lipinski definition) is 4. The summed E-state index contributed by atoms with van der Waals surface area (Å²) in [5.74, 6) is -1.72. The average Bonchev–Trinajstić information content (AvgIpc) is 2.41. The standard InChI is InChI=1S/C14H17ClO4/c1-2-3-4-5-10-18-13(16)14(17)19-12-8-6-11(15)7-9-12/h6-9H,2-5,10H2,1H3. The van der Waals surface area contributed by atoms with E-state index in [0.29, 0.717) is 5.02 Å². The fraction of sp³-hybridized carbons (Fsp3) is 0.429. The molecule has 0 amide bonds. The Labute approximate surface area is 117 Å². The van der Waals surface area contributed by atoms with Crippen molar-refractivity contribution in [2.45, 2.75) is 32.6 Å². The van der Waals surface area contributed by atoms with Crippen molar-refractivity contribution in [3.8, 4) is 5.75 Å². The molecule has 0 heterocycles. The van der Waals surface area contributed by atoms with E-state index in [-0.39, 0.29) is 12.4 Å². The summed E-state index contributed by atoms with van der Waals surface area (Å²) < 4.78 is 9.64. The Morgan fingerprint density at radius 2 is 1.74 bits per heavy atom. The number of carbonyl (C=O) groups excluding carboxylic acids is 2. The minimum atomic E-state index is -1.02. The van der Waals surface area contributed by atoms with Gasteiger partial charge in [0.1, 0.15) is 5.75 Å². The number of rotatable bonds is 6. The minimum Gasteiger partial charge on any atom is -0.457 e. The van der Waals surface area contributed by atoms with Gasteiger partial charge in [0.05, 0.1) is 6.61 Å². The highest BCUT2D eigenvalue weighted by atomic mass is 35.5. The first-order chi connectivity index (χ1) is 9.13. The van der Waals surface area contributed by atoms with Crippen LogP contribution in [0.1, 0.15) is 32.6 Å². The predicted molar refractivity (Wildman–Crippen MR) is 72.2 cm³/mol. The molecule has 0 aliphatic heterocycles. The number of unbranched alkanes of at least 4 members (excludes halogenated alkanes) is 3. The maximum Gasteiger partial charge on any atom is 0.422 e. The molecule has 4 nitrogen and oxygen atoms in total. The van der Waals surface area contributed by atoms with E-state index in [1.165, 1.54) is 12.1 Å². The lowest BCUT2D eigenvalue weighted by atomic mass is 10.2. The van der Waals surface area contributed by atoms with E-state index >= 15 is 0 Å². The van der Waals surface area contributed by atoms with E-state index in [1.54, 1.807) is 12.1 Å². The van der Waals surface area contributed by atoms with Crippen LogP contribution in [0, 0.1) is 0 Å². The van der Waals surface area contributed by atoms with Gasteiger partial charge in [-0.15, -0.1) is 0 Å². The Balaban J connectivity index is 2.28. The van der Waals surface area contributed by atoms with Crippen LogP contribution in [0.3, 0.4) is 0 Å². The van der Waals surface area contributed by atoms with Gasteiger partial charge in [0.15, 0.2) is 0 Å². The topological polar surface area (TPSA) is 52.6 Å². The van der Waals surface area contributed by atoms with Crippen LogP contribution in [0.5, 0.6) is 5.75 Å². The Hall–Kier alpha value is -1.55. The largest absolute Gasteiger partial charge is 0.457 e. The molecule has 0 aliphatic carbocycles. The second kappa shape index (κ2) is 8.53. The van der Waals surface area contributed by atoms with Crippen molar-refractivity contribution < 1.29 is 19.1 Å². The highest BCUT2D eigenvalue weighted by molar-refractivity contribution is 6.31. The van der Waals surface area contributed by atoms with Crippen molar-refractivity contribution >= 4 is 23.5 Å². The van der Waals surface area contributed by atoms with Crippen LogP contribution in [0.2, 0.25) is 5.02 Å². The van der Waals surface area contributed by atoms with Gasteiger partial charge in [0, 0.05) is 5.02 Å². The fourth-order valence-electron chi connectivity index (χ4n) is 1.40. The summed E-state index contributed by atoms with van der Waals surface area (Å²) in [4.78, 5) is 22.7. The molecule has 0 spiro atoms. The summed E-state index contributed by atoms with van der Waals surface area (Å²) in [6.07, 6.45) is 3.93. The summed E-state index contributed by atoms with van der Waals surface area (Å²) in [5.41, 5.74) is 0. The normalized spacial score (nSPS) is 10.0. The van der Waals surface area contributed by atoms with Crippen LogP contribution in [0.15, 0.2) is 24.3 Å². The molecule has 5 heteroatoms. The van der Waals surface area contributed by atoms with Gasteiger partial charge in [0.2, 0.25) is 0 Å². The van der Waals surface area contributed by atoms with E-state index in [4.69, 9.17) is 21.1 Å². The molecule has 0 aliphatic rings. The molecule has 1 aromatic carbocycles. The van der Waals surface area contributed by atoms with Gasteiger partial charge in [0.25, 0.3) is 0 Å². The Morgan fingerprint density at radius 3 is 2.37 bits per heavy atom. The smallest absolute Gasteiger partial charge is 0.422 e. The monoisotopic (exact) mass is 284 g/mol. The Bertz CT molecular complexity index is 414. The minimum absolute atomic E-state index is 0.245. The maximum absolute atomic E-state index is 11.4. The molecule has 0 N–H and O–H groups in total. The highest BCUT2D eigenvalue weighted by Crippen LogP contribution is 2.15. The zero-order valence-corrected chi connectivity index (χ0v) is 11.6. The van der Waals surface area contributed by atoms with Crippen molar-refractivity contribution in [1.82, 2.24) is 0 Å². The maximum atomic E-state index is 11.4. The molecule has 0 saturated heterocycles. The molecular weight excluding hydrogens is 268 g/mol. The second-order valence-corrected chi connectivity index (χ2v) is 4.48. The van der Waals surface area contributed by atoms with Crippen molar-refractivity contribution in [2.75, 3.05) is 6.61 Å². The van der Waals surface area contributed by atoms with E-state index in [1.807, 2.05) is 0 Å². The van der Waals surface area contributed by atoms with Crippen LogP contribution in [0.25, 0.3) is 0 Å². The lowest BCUT2D eigenvalue weighted by molar-refractivity contribution is -0.162. The van der Waals surface area contributed by atoms with E-state index in [0.717, 1.165) is 25.7 Å². The number of esters is 2. The second-order valence-electron chi connectivity index (χ2n) is 4.04. The van der Waals surface area contributed by atoms with Crippen LogP contribution in [-0.4, -0.2) is 18.5 Å². The van der Waals surface area contributed by atoms with Crippen LogP contribution >= 0.6 is 11.6 Å². The van der Waals surface area contributed by atoms with Crippen molar-refractivity contribution in [3.05, 3.63) is 29.3 Å². The Morgan fingerprint density at radius 1 is 1.05 bits per heavy atom. The first-order valence-corrected chi connectivity index (χ1v) is 6.65. The molecule has 0 aromatic heterocycles. The lowest BCUT2D eigenvalue weighted by Crippen LogP contribution is -2.23. The van der Waals surface area contributed by atoms with E-state index < -0.39 is 11.9 Å². The molecule has 1 aromatic rings. The third-order valence-electron chi connectivity index (χ3n) is 2.42. The summed E-state index contributed by atoms with van der Waals surface area (Å²) in [7, 11) is 0.